The predicted octanol–water partition coefficient (Wildman–Crippen LogP) is 5.95. The molecule has 5 nitrogen and oxygen atoms in total. The lowest BCUT2D eigenvalue weighted by Gasteiger charge is -2.22. The number of halogens is 6. The van der Waals surface area contributed by atoms with Crippen molar-refractivity contribution in [3.8, 4) is 5.69 Å². The Balaban J connectivity index is 1.61. The van der Waals surface area contributed by atoms with Crippen molar-refractivity contribution < 1.29 is 26.3 Å². The van der Waals surface area contributed by atoms with Crippen LogP contribution in [0.5, 0.6) is 0 Å². The lowest BCUT2D eigenvalue weighted by Crippen LogP contribution is -2.25. The van der Waals surface area contributed by atoms with Gasteiger partial charge >= 0.3 is 12.4 Å². The molecule has 0 spiro atoms. The van der Waals surface area contributed by atoms with Crippen molar-refractivity contribution >= 4 is 16.5 Å². The third-order valence-corrected chi connectivity index (χ3v) is 5.62. The van der Waals surface area contributed by atoms with Gasteiger partial charge in [0, 0.05) is 40.6 Å². The normalized spacial score (nSPS) is 15.6. The van der Waals surface area contributed by atoms with E-state index in [1.807, 2.05) is 0 Å². The molecule has 0 atom stereocenters. The van der Waals surface area contributed by atoms with Crippen LogP contribution in [-0.2, 0) is 17.9 Å². The Labute approximate surface area is 183 Å². The predicted molar refractivity (Wildman–Crippen MR) is 108 cm³/mol. The van der Waals surface area contributed by atoms with Crippen molar-refractivity contribution in [1.29, 1.82) is 0 Å². The van der Waals surface area contributed by atoms with Crippen LogP contribution in [0.3, 0.4) is 0 Å². The van der Waals surface area contributed by atoms with Crippen LogP contribution in [0.1, 0.15) is 29.8 Å². The van der Waals surface area contributed by atoms with Crippen LogP contribution in [0.2, 0.25) is 0 Å². The summed E-state index contributed by atoms with van der Waals surface area (Å²) in [5.41, 5.74) is -3.13. The highest BCUT2D eigenvalue weighted by molar-refractivity contribution is 5.89. The largest absolute Gasteiger partial charge is 0.433 e. The number of nitrogens with one attached hydrogen (secondary N) is 1. The average Bonchev–Trinajstić information content (AvgIpc) is 3.38. The van der Waals surface area contributed by atoms with Gasteiger partial charge in [-0.1, -0.05) is 12.1 Å². The summed E-state index contributed by atoms with van der Waals surface area (Å²) < 4.78 is 82.8. The highest BCUT2D eigenvalue weighted by Gasteiger charge is 2.52. The zero-order valence-corrected chi connectivity index (χ0v) is 16.7. The third kappa shape index (κ3) is 3.77. The van der Waals surface area contributed by atoms with Crippen molar-refractivity contribution in [2.75, 3.05) is 5.32 Å². The maximum atomic E-state index is 14.3. The van der Waals surface area contributed by atoms with Gasteiger partial charge in [0.05, 0.1) is 17.4 Å². The Morgan fingerprint density at radius 1 is 0.909 bits per heavy atom. The Morgan fingerprint density at radius 3 is 2.39 bits per heavy atom. The molecule has 3 aromatic heterocycles. The highest BCUT2D eigenvalue weighted by Crippen LogP contribution is 2.52. The van der Waals surface area contributed by atoms with Gasteiger partial charge in [-0.2, -0.15) is 31.4 Å². The van der Waals surface area contributed by atoms with Gasteiger partial charge in [-0.05, 0) is 37.1 Å². The Kier molecular flexibility index (Phi) is 4.62. The molecule has 0 bridgehead atoms. The van der Waals surface area contributed by atoms with E-state index in [0.29, 0.717) is 23.6 Å². The molecule has 33 heavy (non-hydrogen) atoms. The van der Waals surface area contributed by atoms with Crippen LogP contribution in [0.15, 0.2) is 61.2 Å². The van der Waals surface area contributed by atoms with Crippen LogP contribution in [0, 0.1) is 0 Å². The summed E-state index contributed by atoms with van der Waals surface area (Å²) >= 11 is 0. The summed E-state index contributed by atoms with van der Waals surface area (Å²) in [4.78, 5) is 7.29. The number of rotatable bonds is 4. The molecule has 0 saturated heterocycles. The van der Waals surface area contributed by atoms with E-state index >= 15 is 0 Å². The van der Waals surface area contributed by atoms with Gasteiger partial charge in [-0.25, -0.2) is 4.68 Å². The molecule has 11 heteroatoms. The molecule has 5 rings (SSSR count). The molecule has 1 aliphatic rings. The first kappa shape index (κ1) is 21.2. The monoisotopic (exact) mass is 463 g/mol. The summed E-state index contributed by atoms with van der Waals surface area (Å²) in [7, 11) is 0. The fourth-order valence-corrected chi connectivity index (χ4v) is 3.97. The van der Waals surface area contributed by atoms with Crippen molar-refractivity contribution in [3.05, 3.63) is 78.1 Å². The number of anilines is 1. The standard InChI is InChI=1S/C22H15F6N5/c23-21(24,25)18-10-14(4-9-30-18)32-20(6-7-20)16-12-31-33(19(16)22(26,27)28)17-3-1-2-13-11-29-8-5-15(13)17/h1-5,8-12H,6-7H2,(H,30,32). The summed E-state index contributed by atoms with van der Waals surface area (Å²) in [5, 5.41) is 8.11. The van der Waals surface area contributed by atoms with E-state index < -0.39 is 29.3 Å². The smallest absolute Gasteiger partial charge is 0.375 e. The topological polar surface area (TPSA) is 55.6 Å². The summed E-state index contributed by atoms with van der Waals surface area (Å²) in [5.74, 6) is 0. The van der Waals surface area contributed by atoms with Gasteiger partial charge in [0.25, 0.3) is 0 Å². The van der Waals surface area contributed by atoms with Gasteiger partial charge < -0.3 is 5.32 Å². The van der Waals surface area contributed by atoms with Crippen molar-refractivity contribution in [3.63, 3.8) is 0 Å². The van der Waals surface area contributed by atoms with Gasteiger partial charge in [0.15, 0.2) is 5.69 Å². The molecule has 0 unspecified atom stereocenters. The molecule has 0 amide bonds. The molecule has 1 N–H and O–H groups in total. The Morgan fingerprint density at radius 2 is 1.70 bits per heavy atom. The van der Waals surface area contributed by atoms with E-state index in [0.717, 1.165) is 23.1 Å². The molecule has 3 heterocycles. The van der Waals surface area contributed by atoms with Gasteiger partial charge in [0.1, 0.15) is 5.69 Å². The van der Waals surface area contributed by atoms with Crippen molar-refractivity contribution in [2.45, 2.75) is 30.7 Å². The minimum Gasteiger partial charge on any atom is -0.375 e. The van der Waals surface area contributed by atoms with E-state index in [4.69, 9.17) is 0 Å². The zero-order valence-electron chi connectivity index (χ0n) is 16.7. The molecule has 1 saturated carbocycles. The van der Waals surface area contributed by atoms with Crippen LogP contribution in [-0.4, -0.2) is 19.7 Å². The minimum atomic E-state index is -4.76. The molecule has 0 radical (unpaired) electrons. The second-order valence-electron chi connectivity index (χ2n) is 7.82. The SMILES string of the molecule is FC(F)(F)c1cc(NC2(c3cnn(-c4cccc5cnccc45)c3C(F)(F)F)CC2)ccn1. The summed E-state index contributed by atoms with van der Waals surface area (Å²) in [6.07, 6.45) is -3.67. The molecular weight excluding hydrogens is 448 g/mol. The highest BCUT2D eigenvalue weighted by atomic mass is 19.4. The van der Waals surface area contributed by atoms with Crippen LogP contribution >= 0.6 is 0 Å². The Bertz CT molecular complexity index is 1330. The first-order valence-electron chi connectivity index (χ1n) is 9.89. The second kappa shape index (κ2) is 7.19. The van der Waals surface area contributed by atoms with Gasteiger partial charge in [-0.3, -0.25) is 9.97 Å². The summed E-state index contributed by atoms with van der Waals surface area (Å²) in [6, 6.07) is 8.56. The molecule has 1 aromatic carbocycles. The quantitative estimate of drug-likeness (QED) is 0.380. The van der Waals surface area contributed by atoms with Crippen LogP contribution in [0.4, 0.5) is 32.0 Å². The average molecular weight is 463 g/mol. The molecule has 1 aliphatic carbocycles. The molecule has 0 aliphatic heterocycles. The maximum absolute atomic E-state index is 14.3. The van der Waals surface area contributed by atoms with E-state index in [2.05, 4.69) is 20.4 Å². The fourth-order valence-electron chi connectivity index (χ4n) is 3.97. The zero-order chi connectivity index (χ0) is 23.4. The number of alkyl halides is 6. The van der Waals surface area contributed by atoms with Crippen LogP contribution in [0.25, 0.3) is 16.5 Å². The Hall–Kier alpha value is -3.63. The van der Waals surface area contributed by atoms with E-state index in [9.17, 15) is 26.3 Å². The first-order valence-corrected chi connectivity index (χ1v) is 9.89. The maximum Gasteiger partial charge on any atom is 0.433 e. The second-order valence-corrected chi connectivity index (χ2v) is 7.82. The van der Waals surface area contributed by atoms with Crippen molar-refractivity contribution in [1.82, 2.24) is 19.7 Å². The molecular formula is C22H15F6N5. The molecule has 1 fully saturated rings. The van der Waals surface area contributed by atoms with Gasteiger partial charge in [0.2, 0.25) is 0 Å². The first-order chi connectivity index (χ1) is 15.6. The number of aromatic nitrogens is 4. The van der Waals surface area contributed by atoms with E-state index in [-0.39, 0.29) is 16.9 Å². The van der Waals surface area contributed by atoms with Crippen LogP contribution < -0.4 is 5.32 Å². The third-order valence-electron chi connectivity index (χ3n) is 5.62. The molecule has 4 aromatic rings. The summed E-state index contributed by atoms with van der Waals surface area (Å²) in [6.45, 7) is 0. The lowest BCUT2D eigenvalue weighted by molar-refractivity contribution is -0.143. The molecule has 170 valence electrons. The lowest BCUT2D eigenvalue weighted by atomic mass is 10.0. The van der Waals surface area contributed by atoms with E-state index in [1.54, 1.807) is 24.4 Å². The number of fused-ring (bicyclic) bond motifs is 1. The minimum absolute atomic E-state index is 0.0342. The number of nitrogens with zero attached hydrogens (tertiary/aromatic N) is 4. The fraction of sp³-hybridized carbons (Fsp3) is 0.227. The number of hydrogen-bond donors (Lipinski definition) is 1. The van der Waals surface area contributed by atoms with Crippen molar-refractivity contribution in [2.24, 2.45) is 0 Å². The number of benzene rings is 1. The number of pyridine rings is 2. The van der Waals surface area contributed by atoms with E-state index in [1.165, 1.54) is 18.3 Å². The number of hydrogen-bond acceptors (Lipinski definition) is 4. The van der Waals surface area contributed by atoms with Gasteiger partial charge in [-0.15, -0.1) is 0 Å².